The molecule has 2 aliphatic rings. The zero-order chi connectivity index (χ0) is 24.6. The van der Waals surface area contributed by atoms with Gasteiger partial charge in [-0.05, 0) is 55.3 Å². The molecular formula is C29H30N4O3. The summed E-state index contributed by atoms with van der Waals surface area (Å²) in [5.74, 6) is 1.41. The standard InChI is InChI=1S/C29H30N4O3/c1-20-7-5-9-24(21(20)2)32-14-12-31(13-15-32)19-29(34)33-25(27-11-6-16-35-27)18-23(30-33)28-17-22-8-3-4-10-26(22)36-28/h3-11,16-17,25H,12-15,18-19H2,1-2H3/t25-/m0/s1. The number of aryl methyl sites for hydroxylation is 1. The summed E-state index contributed by atoms with van der Waals surface area (Å²) in [5, 5.41) is 7.37. The van der Waals surface area contributed by atoms with E-state index in [0.717, 1.165) is 48.6 Å². The van der Waals surface area contributed by atoms with Crippen LogP contribution in [-0.4, -0.2) is 54.3 Å². The van der Waals surface area contributed by atoms with Gasteiger partial charge in [0.1, 0.15) is 23.1 Å². The van der Waals surface area contributed by atoms with Gasteiger partial charge in [0.05, 0.1) is 12.8 Å². The van der Waals surface area contributed by atoms with Crippen LogP contribution in [0.25, 0.3) is 11.0 Å². The molecule has 1 atom stereocenters. The maximum Gasteiger partial charge on any atom is 0.257 e. The largest absolute Gasteiger partial charge is 0.467 e. The number of para-hydroxylation sites is 1. The van der Waals surface area contributed by atoms with Gasteiger partial charge in [-0.1, -0.05) is 30.3 Å². The summed E-state index contributed by atoms with van der Waals surface area (Å²) in [6, 6.07) is 19.8. The third-order valence-corrected chi connectivity index (χ3v) is 7.40. The number of hydrogen-bond acceptors (Lipinski definition) is 6. The number of carbonyl (C=O) groups excluding carboxylic acids is 1. The highest BCUT2D eigenvalue weighted by atomic mass is 16.3. The van der Waals surface area contributed by atoms with E-state index in [-0.39, 0.29) is 11.9 Å². The van der Waals surface area contributed by atoms with Crippen molar-refractivity contribution in [3.8, 4) is 0 Å². The molecule has 2 aromatic heterocycles. The number of nitrogens with zero attached hydrogens (tertiary/aromatic N) is 4. The molecule has 0 radical (unpaired) electrons. The summed E-state index contributed by atoms with van der Waals surface area (Å²) >= 11 is 0. The van der Waals surface area contributed by atoms with Crippen molar-refractivity contribution in [3.63, 3.8) is 0 Å². The lowest BCUT2D eigenvalue weighted by Gasteiger charge is -2.37. The first-order valence-corrected chi connectivity index (χ1v) is 12.5. The van der Waals surface area contributed by atoms with Crippen LogP contribution in [0.5, 0.6) is 0 Å². The molecule has 0 spiro atoms. The summed E-state index contributed by atoms with van der Waals surface area (Å²) in [5.41, 5.74) is 5.50. The van der Waals surface area contributed by atoms with Crippen LogP contribution in [0.3, 0.4) is 0 Å². The molecule has 6 rings (SSSR count). The average molecular weight is 483 g/mol. The van der Waals surface area contributed by atoms with Crippen LogP contribution in [0.1, 0.15) is 35.1 Å². The highest BCUT2D eigenvalue weighted by Gasteiger charge is 2.36. The van der Waals surface area contributed by atoms with Crippen LogP contribution in [0.2, 0.25) is 0 Å². The highest BCUT2D eigenvalue weighted by Crippen LogP contribution is 2.34. The molecule has 4 heterocycles. The first-order chi connectivity index (χ1) is 17.6. The monoisotopic (exact) mass is 482 g/mol. The molecule has 1 saturated heterocycles. The molecule has 2 aromatic carbocycles. The van der Waals surface area contributed by atoms with E-state index in [1.807, 2.05) is 42.5 Å². The molecular weight excluding hydrogens is 452 g/mol. The predicted molar refractivity (Wildman–Crippen MR) is 140 cm³/mol. The lowest BCUT2D eigenvalue weighted by molar-refractivity contribution is -0.134. The molecule has 0 unspecified atom stereocenters. The Kier molecular flexibility index (Phi) is 5.85. The molecule has 0 aliphatic carbocycles. The average Bonchev–Trinajstić information content (AvgIpc) is 3.65. The van der Waals surface area contributed by atoms with Gasteiger partial charge in [-0.2, -0.15) is 5.10 Å². The number of furan rings is 2. The maximum atomic E-state index is 13.5. The Hall–Kier alpha value is -3.84. The van der Waals surface area contributed by atoms with Gasteiger partial charge < -0.3 is 13.7 Å². The van der Waals surface area contributed by atoms with Gasteiger partial charge in [-0.3, -0.25) is 9.69 Å². The predicted octanol–water partition coefficient (Wildman–Crippen LogP) is 5.14. The van der Waals surface area contributed by atoms with Crippen LogP contribution in [0, 0.1) is 13.8 Å². The van der Waals surface area contributed by atoms with Gasteiger partial charge >= 0.3 is 0 Å². The van der Waals surface area contributed by atoms with Crippen LogP contribution in [-0.2, 0) is 4.79 Å². The number of hydrogen-bond donors (Lipinski definition) is 0. The second-order valence-corrected chi connectivity index (χ2v) is 9.65. The van der Waals surface area contributed by atoms with Crippen molar-refractivity contribution in [1.82, 2.24) is 9.91 Å². The van der Waals surface area contributed by atoms with E-state index in [1.54, 1.807) is 11.3 Å². The van der Waals surface area contributed by atoms with Crippen LogP contribution in [0.4, 0.5) is 5.69 Å². The molecule has 184 valence electrons. The van der Waals surface area contributed by atoms with Crippen molar-refractivity contribution >= 4 is 28.3 Å². The second kappa shape index (κ2) is 9.32. The molecule has 36 heavy (non-hydrogen) atoms. The molecule has 4 aromatic rings. The van der Waals surface area contributed by atoms with Crippen molar-refractivity contribution in [1.29, 1.82) is 0 Å². The van der Waals surface area contributed by atoms with E-state index in [1.165, 1.54) is 16.8 Å². The lowest BCUT2D eigenvalue weighted by atomic mass is 10.1. The third-order valence-electron chi connectivity index (χ3n) is 7.40. The summed E-state index contributed by atoms with van der Waals surface area (Å²) < 4.78 is 11.7. The second-order valence-electron chi connectivity index (χ2n) is 9.65. The number of benzene rings is 2. The maximum absolute atomic E-state index is 13.5. The van der Waals surface area contributed by atoms with Gasteiger partial charge in [0.15, 0.2) is 5.76 Å². The normalized spacial score (nSPS) is 18.7. The first-order valence-electron chi connectivity index (χ1n) is 12.5. The van der Waals surface area contributed by atoms with Crippen molar-refractivity contribution in [3.05, 3.63) is 89.6 Å². The van der Waals surface area contributed by atoms with Gasteiger partial charge in [-0.25, -0.2) is 5.01 Å². The quantitative estimate of drug-likeness (QED) is 0.394. The van der Waals surface area contributed by atoms with Crippen LogP contribution >= 0.6 is 0 Å². The Balaban J connectivity index is 1.17. The van der Waals surface area contributed by atoms with Crippen LogP contribution in [0.15, 0.2) is 80.9 Å². The fourth-order valence-corrected chi connectivity index (χ4v) is 5.20. The minimum absolute atomic E-state index is 0.0253. The number of piperazine rings is 1. The van der Waals surface area contributed by atoms with E-state index in [2.05, 4.69) is 41.8 Å². The fourth-order valence-electron chi connectivity index (χ4n) is 5.20. The summed E-state index contributed by atoms with van der Waals surface area (Å²) in [6.45, 7) is 8.12. The van der Waals surface area contributed by atoms with Crippen molar-refractivity contribution in [2.75, 3.05) is 37.6 Å². The van der Waals surface area contributed by atoms with E-state index in [0.29, 0.717) is 18.7 Å². The Labute approximate surface area is 210 Å². The number of anilines is 1. The Bertz CT molecular complexity index is 1380. The molecule has 0 N–H and O–H groups in total. The number of fused-ring (bicyclic) bond motifs is 1. The van der Waals surface area contributed by atoms with Crippen LogP contribution < -0.4 is 4.90 Å². The molecule has 7 nitrogen and oxygen atoms in total. The minimum Gasteiger partial charge on any atom is -0.467 e. The van der Waals surface area contributed by atoms with E-state index in [4.69, 9.17) is 13.9 Å². The Morgan fingerprint density at radius 1 is 1.00 bits per heavy atom. The van der Waals surface area contributed by atoms with E-state index >= 15 is 0 Å². The number of rotatable bonds is 5. The zero-order valence-electron chi connectivity index (χ0n) is 20.7. The summed E-state index contributed by atoms with van der Waals surface area (Å²) in [7, 11) is 0. The summed E-state index contributed by atoms with van der Waals surface area (Å²) in [6.07, 6.45) is 2.20. The Morgan fingerprint density at radius 3 is 2.61 bits per heavy atom. The number of amides is 1. The smallest absolute Gasteiger partial charge is 0.257 e. The topological polar surface area (TPSA) is 65.4 Å². The van der Waals surface area contributed by atoms with Gasteiger partial charge in [0.25, 0.3) is 5.91 Å². The van der Waals surface area contributed by atoms with Crippen molar-refractivity contribution < 1.29 is 13.6 Å². The first kappa shape index (κ1) is 22.6. The van der Waals surface area contributed by atoms with E-state index < -0.39 is 0 Å². The van der Waals surface area contributed by atoms with E-state index in [9.17, 15) is 4.79 Å². The van der Waals surface area contributed by atoms with Gasteiger partial charge in [-0.15, -0.1) is 0 Å². The zero-order valence-corrected chi connectivity index (χ0v) is 20.7. The molecule has 2 aliphatic heterocycles. The molecule has 1 amide bonds. The summed E-state index contributed by atoms with van der Waals surface area (Å²) in [4.78, 5) is 18.1. The third kappa shape index (κ3) is 4.20. The van der Waals surface area contributed by atoms with Crippen molar-refractivity contribution in [2.45, 2.75) is 26.3 Å². The number of hydrazone groups is 1. The Morgan fingerprint density at radius 2 is 1.83 bits per heavy atom. The molecule has 1 fully saturated rings. The number of carbonyl (C=O) groups is 1. The van der Waals surface area contributed by atoms with Gasteiger partial charge in [0.2, 0.25) is 0 Å². The SMILES string of the molecule is Cc1cccc(N2CCN(CC(=O)N3N=C(c4cc5ccccc5o4)C[C@H]3c3ccco3)CC2)c1C. The minimum atomic E-state index is -0.271. The van der Waals surface area contributed by atoms with Gasteiger partial charge in [0, 0.05) is 43.7 Å². The molecule has 7 heteroatoms. The highest BCUT2D eigenvalue weighted by molar-refractivity contribution is 6.03. The fraction of sp³-hybridized carbons (Fsp3) is 0.310. The molecule has 0 saturated carbocycles. The lowest BCUT2D eigenvalue weighted by Crippen LogP contribution is -2.49. The van der Waals surface area contributed by atoms with Crippen molar-refractivity contribution in [2.24, 2.45) is 5.10 Å². The molecule has 0 bridgehead atoms.